The second kappa shape index (κ2) is 6.84. The van der Waals surface area contributed by atoms with Crippen LogP contribution in [0.15, 0.2) is 28.7 Å². The molecule has 0 amide bonds. The number of aromatic nitrogens is 1. The minimum absolute atomic E-state index is 0.194. The first kappa shape index (κ1) is 14.2. The second-order valence-electron chi connectivity index (χ2n) is 4.09. The van der Waals surface area contributed by atoms with Crippen molar-refractivity contribution in [2.45, 2.75) is 6.92 Å². The third kappa shape index (κ3) is 3.89. The SMILES string of the molecule is COCCOCOc1cc2nc(C)ccc2cc1Br. The van der Waals surface area contributed by atoms with E-state index in [-0.39, 0.29) is 6.79 Å². The summed E-state index contributed by atoms with van der Waals surface area (Å²) < 4.78 is 16.6. The zero-order chi connectivity index (χ0) is 13.7. The maximum atomic E-state index is 5.57. The number of benzene rings is 1. The largest absolute Gasteiger partial charge is 0.466 e. The monoisotopic (exact) mass is 325 g/mol. The van der Waals surface area contributed by atoms with Gasteiger partial charge in [0.2, 0.25) is 0 Å². The molecule has 0 saturated carbocycles. The zero-order valence-electron chi connectivity index (χ0n) is 11.0. The van der Waals surface area contributed by atoms with Gasteiger partial charge >= 0.3 is 0 Å². The van der Waals surface area contributed by atoms with Crippen LogP contribution < -0.4 is 4.74 Å². The van der Waals surface area contributed by atoms with Crippen LogP contribution in [0.5, 0.6) is 5.75 Å². The summed E-state index contributed by atoms with van der Waals surface area (Å²) >= 11 is 3.49. The molecular formula is C14H16BrNO3. The molecule has 0 radical (unpaired) electrons. The minimum atomic E-state index is 0.194. The minimum Gasteiger partial charge on any atom is -0.466 e. The summed E-state index contributed by atoms with van der Waals surface area (Å²) in [6, 6.07) is 7.93. The average molecular weight is 326 g/mol. The molecule has 4 nitrogen and oxygen atoms in total. The Balaban J connectivity index is 2.07. The third-order valence-electron chi connectivity index (χ3n) is 2.61. The lowest BCUT2D eigenvalue weighted by Gasteiger charge is -2.10. The van der Waals surface area contributed by atoms with E-state index in [9.17, 15) is 0 Å². The molecular weight excluding hydrogens is 310 g/mol. The number of rotatable bonds is 6. The number of methoxy groups -OCH3 is 1. The van der Waals surface area contributed by atoms with Gasteiger partial charge in [-0.1, -0.05) is 6.07 Å². The van der Waals surface area contributed by atoms with Crippen molar-refractivity contribution in [2.75, 3.05) is 27.1 Å². The molecule has 0 N–H and O–H groups in total. The Kier molecular flexibility index (Phi) is 5.13. The molecule has 2 rings (SSSR count). The van der Waals surface area contributed by atoms with E-state index in [1.165, 1.54) is 0 Å². The van der Waals surface area contributed by atoms with E-state index >= 15 is 0 Å². The van der Waals surface area contributed by atoms with Crippen molar-refractivity contribution in [3.05, 3.63) is 34.4 Å². The van der Waals surface area contributed by atoms with E-state index < -0.39 is 0 Å². The molecule has 19 heavy (non-hydrogen) atoms. The Labute approximate surface area is 120 Å². The van der Waals surface area contributed by atoms with Gasteiger partial charge in [0.1, 0.15) is 5.75 Å². The fourth-order valence-electron chi connectivity index (χ4n) is 1.64. The molecule has 5 heteroatoms. The van der Waals surface area contributed by atoms with E-state index in [1.807, 2.05) is 31.2 Å². The molecule has 0 aliphatic carbocycles. The Bertz CT molecular complexity index is 560. The number of halogens is 1. The number of pyridine rings is 1. The maximum Gasteiger partial charge on any atom is 0.189 e. The topological polar surface area (TPSA) is 40.6 Å². The van der Waals surface area contributed by atoms with Crippen LogP contribution >= 0.6 is 15.9 Å². The fourth-order valence-corrected chi connectivity index (χ4v) is 2.12. The van der Waals surface area contributed by atoms with Gasteiger partial charge in [-0.15, -0.1) is 0 Å². The van der Waals surface area contributed by atoms with Crippen LogP contribution in [0.25, 0.3) is 10.9 Å². The third-order valence-corrected chi connectivity index (χ3v) is 3.23. The zero-order valence-corrected chi connectivity index (χ0v) is 12.6. The van der Waals surface area contributed by atoms with Crippen LogP contribution in [0.2, 0.25) is 0 Å². The van der Waals surface area contributed by atoms with E-state index in [4.69, 9.17) is 14.2 Å². The van der Waals surface area contributed by atoms with Crippen molar-refractivity contribution >= 4 is 26.8 Å². The molecule has 0 spiro atoms. The summed E-state index contributed by atoms with van der Waals surface area (Å²) in [5.74, 6) is 0.725. The van der Waals surface area contributed by atoms with Crippen molar-refractivity contribution < 1.29 is 14.2 Å². The number of aryl methyl sites for hydroxylation is 1. The van der Waals surface area contributed by atoms with Crippen LogP contribution in [-0.4, -0.2) is 32.1 Å². The van der Waals surface area contributed by atoms with Crippen LogP contribution in [0.3, 0.4) is 0 Å². The van der Waals surface area contributed by atoms with Gasteiger partial charge in [0.25, 0.3) is 0 Å². The Hall–Kier alpha value is -1.17. The normalized spacial score (nSPS) is 10.9. The first-order valence-electron chi connectivity index (χ1n) is 5.97. The predicted octanol–water partition coefficient (Wildman–Crippen LogP) is 3.31. The predicted molar refractivity (Wildman–Crippen MR) is 77.5 cm³/mol. The Morgan fingerprint density at radius 2 is 2.05 bits per heavy atom. The van der Waals surface area contributed by atoms with Crippen molar-refractivity contribution in [3.8, 4) is 5.75 Å². The highest BCUT2D eigenvalue weighted by Gasteiger charge is 2.05. The number of nitrogens with zero attached hydrogens (tertiary/aromatic N) is 1. The summed E-state index contributed by atoms with van der Waals surface area (Å²) in [7, 11) is 1.64. The van der Waals surface area contributed by atoms with Crippen LogP contribution in [0.1, 0.15) is 5.69 Å². The van der Waals surface area contributed by atoms with Gasteiger partial charge < -0.3 is 14.2 Å². The quantitative estimate of drug-likeness (QED) is 0.603. The number of ether oxygens (including phenoxy) is 3. The molecule has 0 fully saturated rings. The van der Waals surface area contributed by atoms with Crippen LogP contribution in [-0.2, 0) is 9.47 Å². The molecule has 0 aliphatic rings. The average Bonchev–Trinajstić information content (AvgIpc) is 2.39. The smallest absolute Gasteiger partial charge is 0.189 e. The summed E-state index contributed by atoms with van der Waals surface area (Å²) in [6.45, 7) is 3.23. The lowest BCUT2D eigenvalue weighted by atomic mass is 10.2. The molecule has 0 saturated heterocycles. The Morgan fingerprint density at radius 3 is 2.84 bits per heavy atom. The van der Waals surface area contributed by atoms with Gasteiger partial charge in [0.15, 0.2) is 6.79 Å². The van der Waals surface area contributed by atoms with Crippen molar-refractivity contribution in [1.29, 1.82) is 0 Å². The molecule has 2 aromatic rings. The Morgan fingerprint density at radius 1 is 1.21 bits per heavy atom. The second-order valence-corrected chi connectivity index (χ2v) is 4.95. The van der Waals surface area contributed by atoms with Gasteiger partial charge in [0, 0.05) is 24.3 Å². The van der Waals surface area contributed by atoms with E-state index in [0.717, 1.165) is 26.8 Å². The van der Waals surface area contributed by atoms with E-state index in [0.29, 0.717) is 13.2 Å². The lowest BCUT2D eigenvalue weighted by molar-refractivity contribution is -0.00873. The number of hydrogen-bond acceptors (Lipinski definition) is 4. The molecule has 0 atom stereocenters. The van der Waals surface area contributed by atoms with Gasteiger partial charge in [-0.25, -0.2) is 0 Å². The van der Waals surface area contributed by atoms with E-state index in [2.05, 4.69) is 20.9 Å². The van der Waals surface area contributed by atoms with Gasteiger partial charge in [-0.3, -0.25) is 4.98 Å². The first-order valence-corrected chi connectivity index (χ1v) is 6.76. The van der Waals surface area contributed by atoms with Crippen molar-refractivity contribution in [3.63, 3.8) is 0 Å². The molecule has 1 aromatic carbocycles. The molecule has 0 bridgehead atoms. The summed E-state index contributed by atoms with van der Waals surface area (Å²) in [5, 5.41) is 1.07. The van der Waals surface area contributed by atoms with Gasteiger partial charge in [0.05, 0.1) is 23.2 Å². The molecule has 1 heterocycles. The fraction of sp³-hybridized carbons (Fsp3) is 0.357. The first-order chi connectivity index (χ1) is 9.20. The summed E-state index contributed by atoms with van der Waals surface area (Å²) in [4.78, 5) is 4.47. The van der Waals surface area contributed by atoms with Gasteiger partial charge in [-0.2, -0.15) is 0 Å². The van der Waals surface area contributed by atoms with Crippen molar-refractivity contribution in [1.82, 2.24) is 4.98 Å². The molecule has 1 aromatic heterocycles. The van der Waals surface area contributed by atoms with E-state index in [1.54, 1.807) is 7.11 Å². The standard InChI is InChI=1S/C14H16BrNO3/c1-10-3-4-11-7-12(15)14(8-13(11)16-10)19-9-18-6-5-17-2/h3-4,7-8H,5-6,9H2,1-2H3. The lowest BCUT2D eigenvalue weighted by Crippen LogP contribution is -2.08. The summed E-state index contributed by atoms with van der Waals surface area (Å²) in [6.07, 6.45) is 0. The van der Waals surface area contributed by atoms with Crippen LogP contribution in [0, 0.1) is 6.92 Å². The maximum absolute atomic E-state index is 5.57. The van der Waals surface area contributed by atoms with Crippen LogP contribution in [0.4, 0.5) is 0 Å². The van der Waals surface area contributed by atoms with Gasteiger partial charge in [-0.05, 0) is 35.0 Å². The molecule has 102 valence electrons. The van der Waals surface area contributed by atoms with Crippen molar-refractivity contribution in [2.24, 2.45) is 0 Å². The molecule has 0 unspecified atom stereocenters. The highest BCUT2D eigenvalue weighted by molar-refractivity contribution is 9.10. The molecule has 0 aliphatic heterocycles. The highest BCUT2D eigenvalue weighted by atomic mass is 79.9. The number of fused-ring (bicyclic) bond motifs is 1. The summed E-state index contributed by atoms with van der Waals surface area (Å²) in [5.41, 5.74) is 1.90. The number of hydrogen-bond donors (Lipinski definition) is 0. The highest BCUT2D eigenvalue weighted by Crippen LogP contribution is 2.29.